The number of hydrogen-bond acceptors (Lipinski definition) is 28. The Morgan fingerprint density at radius 3 is 1.01 bits per heavy atom. The summed E-state index contributed by atoms with van der Waals surface area (Å²) >= 11 is 0. The molecule has 0 unspecified atom stereocenters. The monoisotopic (exact) mass is 1650 g/mol. The van der Waals surface area contributed by atoms with Gasteiger partial charge in [0.25, 0.3) is 0 Å². The van der Waals surface area contributed by atoms with Gasteiger partial charge in [-0.25, -0.2) is 19.2 Å². The lowest BCUT2D eigenvalue weighted by atomic mass is 9.76. The third-order valence-corrected chi connectivity index (χ3v) is 22.2. The molecule has 13 rings (SSSR count). The number of aliphatic hydroxyl groups excluding tert-OH is 5. The number of carbonyl (C=O) groups excluding carboxylic acids is 5. The molecule has 4 aromatic carbocycles. The molecule has 2 aliphatic carbocycles. The number of hydrogen-bond donors (Lipinski definition) is 10. The van der Waals surface area contributed by atoms with Crippen LogP contribution in [0.5, 0.6) is 0 Å². The topological polar surface area (TPSA) is 418 Å². The van der Waals surface area contributed by atoms with Gasteiger partial charge < -0.3 is 133 Å². The summed E-state index contributed by atoms with van der Waals surface area (Å²) in [5, 5.41) is 66.9. The Hall–Kier alpha value is -8.33. The van der Waals surface area contributed by atoms with E-state index in [2.05, 4.69) is 21.3 Å². The highest BCUT2D eigenvalue weighted by atomic mass is 16.8. The van der Waals surface area contributed by atoms with Crippen LogP contribution in [-0.4, -0.2) is 235 Å². The van der Waals surface area contributed by atoms with E-state index in [4.69, 9.17) is 86.3 Å². The molecule has 118 heavy (non-hydrogen) atoms. The van der Waals surface area contributed by atoms with Crippen LogP contribution >= 0.6 is 0 Å². The highest BCUT2D eigenvalue weighted by Gasteiger charge is 2.57. The molecule has 0 radical (unpaired) electrons. The van der Waals surface area contributed by atoms with Crippen LogP contribution < -0.4 is 27.0 Å². The highest BCUT2D eigenvalue weighted by Crippen LogP contribution is 2.44. The first-order valence-corrected chi connectivity index (χ1v) is 40.9. The van der Waals surface area contributed by atoms with E-state index >= 15 is 0 Å². The summed E-state index contributed by atoms with van der Waals surface area (Å²) in [6.45, 7) is 10.8. The van der Waals surface area contributed by atoms with Crippen molar-refractivity contribution in [3.63, 3.8) is 0 Å². The molecule has 7 aliphatic heterocycles. The maximum atomic E-state index is 13.0. The number of amides is 4. The van der Waals surface area contributed by atoms with Crippen molar-refractivity contribution in [3.8, 4) is 0 Å². The molecule has 7 heterocycles. The third kappa shape index (κ3) is 23.6. The Morgan fingerprint density at radius 1 is 0.390 bits per heavy atom. The van der Waals surface area contributed by atoms with Gasteiger partial charge in [-0.15, -0.1) is 0 Å². The molecule has 32 nitrogen and oxygen atoms in total. The zero-order valence-corrected chi connectivity index (χ0v) is 67.0. The van der Waals surface area contributed by atoms with Gasteiger partial charge in [-0.1, -0.05) is 211 Å². The van der Waals surface area contributed by atoms with E-state index in [1.807, 2.05) is 187 Å². The minimum absolute atomic E-state index is 0.0507. The van der Waals surface area contributed by atoms with Crippen LogP contribution in [0.2, 0.25) is 0 Å². The molecule has 0 spiro atoms. The normalized spacial score (nSPS) is 35.9. The molecular weight excluding hydrogens is 1530 g/mol. The fraction of sp³-hybridized carbons (Fsp3) is 0.570. The number of alkyl carbamates (subject to hydrolysis) is 4. The first-order chi connectivity index (χ1) is 57.2. The van der Waals surface area contributed by atoms with Gasteiger partial charge in [-0.3, -0.25) is 4.79 Å². The van der Waals surface area contributed by atoms with Gasteiger partial charge in [0.1, 0.15) is 106 Å². The van der Waals surface area contributed by atoms with Crippen molar-refractivity contribution >= 4 is 30.3 Å². The van der Waals surface area contributed by atoms with E-state index in [9.17, 15) is 49.5 Å². The van der Waals surface area contributed by atoms with E-state index in [0.29, 0.717) is 38.5 Å². The van der Waals surface area contributed by atoms with Gasteiger partial charge in [0.15, 0.2) is 37.7 Å². The van der Waals surface area contributed by atoms with Gasteiger partial charge in [0.2, 0.25) is 0 Å². The standard InChI is InChI=1S/C44H56N2O14.C42H57N3O13/c1-4-29-16-18-31(45-43(50)52-23-26-12-8-6-9-13-26)40(54-29)58-36-25(3)20-28-21-34(48)57-37(28)39(36)60-42-35(49)38(33(22-47)56-42)59-41-32(19-17-30(5-2)55-41)46-44(51)53-24-27-14-10-7-11-15-27;1-4-27-16-18-30(44-41(49)51-22-25-12-8-6-9-13-25)38(53-27)56-35-24(3)20-29(43)33(47)37(35)58-40-34(48)36(32(21-46)55-40)57-39-31(19-17-28(5-2)54-39)45-42(50)52-23-26-14-10-7-11-15-26/h6-19,25,28-33,35-42,47,49H,4-5,20-24H2,1-3H3,(H,45,50)(H,46,51);6-19,24,27-40,46-48H,4-5,20-23,43H2,1-3H3,(H,44,49)(H,45,50)/t25-,28-,29+,30+,31+,32+,33+,35+,36+,37-,38+,39-,40+,41+,42-;24-,27+,28+,29+,30+,31+,32+,33-,34+,35+,36+,37+,38+,39+,40-/m00/s1. The maximum Gasteiger partial charge on any atom is 0.408 e. The first kappa shape index (κ1) is 88.9. The van der Waals surface area contributed by atoms with Crippen LogP contribution in [0.4, 0.5) is 19.2 Å². The molecule has 644 valence electrons. The van der Waals surface area contributed by atoms with Crippen LogP contribution in [0.1, 0.15) is 109 Å². The molecule has 0 aromatic heterocycles. The molecule has 4 amide bonds. The van der Waals surface area contributed by atoms with Gasteiger partial charge in [0.05, 0.1) is 62.4 Å². The Kier molecular flexibility index (Phi) is 32.6. The number of rotatable bonds is 30. The molecule has 4 aromatic rings. The molecule has 9 aliphatic rings. The molecule has 0 bridgehead atoms. The van der Waals surface area contributed by atoms with Crippen molar-refractivity contribution in [2.75, 3.05) is 13.2 Å². The predicted octanol–water partition coefficient (Wildman–Crippen LogP) is 7.08. The minimum Gasteiger partial charge on any atom is -0.459 e. The summed E-state index contributed by atoms with van der Waals surface area (Å²) in [6, 6.07) is 33.2. The van der Waals surface area contributed by atoms with Crippen LogP contribution in [0.15, 0.2) is 170 Å². The summed E-state index contributed by atoms with van der Waals surface area (Å²) in [6.07, 6.45) is -6.31. The number of nitrogens with one attached hydrogen (secondary N) is 4. The largest absolute Gasteiger partial charge is 0.459 e. The van der Waals surface area contributed by atoms with Crippen molar-refractivity contribution in [2.24, 2.45) is 23.5 Å². The summed E-state index contributed by atoms with van der Waals surface area (Å²) in [7, 11) is 0. The molecular formula is C86H113N5O27. The number of ether oxygens (including phenoxy) is 17. The van der Waals surface area contributed by atoms with Crippen molar-refractivity contribution in [3.05, 3.63) is 192 Å². The quantitative estimate of drug-likeness (QED) is 0.0141. The van der Waals surface area contributed by atoms with Crippen LogP contribution in [0.25, 0.3) is 0 Å². The SMILES string of the molecule is CC[C@@H]1C=C[C@@H](NC(=O)OCc2ccccc2)[C@@H](O[C@H]2[C@H](O[C@@H]3O[C@H](CO)[C@@H](O[C@H]4O[C@H](CC)C=C[C@H]4NC(=O)OCc4ccccc4)[C@H]3O)[C@@H](O)[C@H](N)C[C@@H]2C)O1.CC[C@@H]1C=C[C@@H](NC(=O)OCc2ccccc2)[C@@H](O[C@H]2[C@H](O[C@@H]3O[C@H](CO)[C@@H](O[C@H]4O[C@H](CC)C=C[C@H]4NC(=O)OCc4ccccc4)[C@H]3O)[C@H]3OC(=O)C[C@@H]3C[C@@H]2C)O1. The Morgan fingerprint density at radius 2 is 0.686 bits per heavy atom. The molecule has 11 N–H and O–H groups in total. The van der Waals surface area contributed by atoms with E-state index < -0.39 is 179 Å². The summed E-state index contributed by atoms with van der Waals surface area (Å²) in [5.74, 6) is -1.07. The molecule has 3 saturated heterocycles. The van der Waals surface area contributed by atoms with Crippen LogP contribution in [0.3, 0.4) is 0 Å². The van der Waals surface area contributed by atoms with E-state index in [1.54, 1.807) is 24.3 Å². The van der Waals surface area contributed by atoms with Crippen LogP contribution in [0, 0.1) is 17.8 Å². The molecule has 32 heteroatoms. The molecule has 5 fully saturated rings. The average Bonchev–Trinajstić information content (AvgIpc) is 1.50. The molecule has 2 saturated carbocycles. The van der Waals surface area contributed by atoms with Gasteiger partial charge in [-0.05, 0) is 72.6 Å². The predicted molar refractivity (Wildman–Crippen MR) is 419 cm³/mol. The zero-order valence-electron chi connectivity index (χ0n) is 67.0. The Bertz CT molecular complexity index is 3930. The summed E-state index contributed by atoms with van der Waals surface area (Å²) in [4.78, 5) is 64.3. The fourth-order valence-corrected chi connectivity index (χ4v) is 15.7. The number of carbonyl (C=O) groups is 5. The second kappa shape index (κ2) is 43.2. The summed E-state index contributed by atoms with van der Waals surface area (Å²) in [5.41, 5.74) is 9.66. The fourth-order valence-electron chi connectivity index (χ4n) is 15.7. The van der Waals surface area contributed by atoms with E-state index in [1.165, 1.54) is 0 Å². The second-order valence-corrected chi connectivity index (χ2v) is 30.8. The lowest BCUT2D eigenvalue weighted by molar-refractivity contribution is -0.287. The lowest BCUT2D eigenvalue weighted by Gasteiger charge is -2.45. The Labute approximate surface area is 686 Å². The minimum atomic E-state index is -1.49. The van der Waals surface area contributed by atoms with Crippen LogP contribution in [-0.2, 0) is 112 Å². The van der Waals surface area contributed by atoms with Crippen molar-refractivity contribution < 1.29 is 130 Å². The van der Waals surface area contributed by atoms with E-state index in [-0.39, 0.29) is 81.0 Å². The number of benzene rings is 4. The van der Waals surface area contributed by atoms with Gasteiger partial charge in [-0.2, -0.15) is 0 Å². The third-order valence-electron chi connectivity index (χ3n) is 22.2. The summed E-state index contributed by atoms with van der Waals surface area (Å²) < 4.78 is 103. The maximum absolute atomic E-state index is 13.0. The zero-order chi connectivity index (χ0) is 83.4. The number of nitrogens with two attached hydrogens (primary N) is 1. The molecule has 30 atom stereocenters. The second-order valence-electron chi connectivity index (χ2n) is 30.8. The Balaban J connectivity index is 0.000000217. The number of esters is 1. The van der Waals surface area contributed by atoms with Crippen molar-refractivity contribution in [1.29, 1.82) is 0 Å². The van der Waals surface area contributed by atoms with Gasteiger partial charge in [0, 0.05) is 12.0 Å². The lowest BCUT2D eigenvalue weighted by Crippen LogP contribution is -2.61. The average molecular weight is 1650 g/mol. The highest BCUT2D eigenvalue weighted by molar-refractivity contribution is 5.72. The van der Waals surface area contributed by atoms with E-state index in [0.717, 1.165) is 22.3 Å². The number of fused-ring (bicyclic) bond motifs is 1. The number of aliphatic hydroxyl groups is 5. The first-order valence-electron chi connectivity index (χ1n) is 40.9. The van der Waals surface area contributed by atoms with Crippen molar-refractivity contribution in [2.45, 2.75) is 279 Å². The van der Waals surface area contributed by atoms with Gasteiger partial charge >= 0.3 is 30.3 Å². The van der Waals surface area contributed by atoms with Crippen molar-refractivity contribution in [1.82, 2.24) is 21.3 Å². The smallest absolute Gasteiger partial charge is 0.408 e.